The summed E-state index contributed by atoms with van der Waals surface area (Å²) in [6, 6.07) is 13.4. The van der Waals surface area contributed by atoms with Gasteiger partial charge in [-0.15, -0.1) is 0 Å². The topological polar surface area (TPSA) is 64.4 Å². The van der Waals surface area contributed by atoms with Crippen molar-refractivity contribution in [3.8, 4) is 17.2 Å². The van der Waals surface area contributed by atoms with Crippen molar-refractivity contribution in [2.75, 3.05) is 11.9 Å². The molecule has 0 aliphatic carbocycles. The van der Waals surface area contributed by atoms with Crippen molar-refractivity contribution >= 4 is 57.5 Å². The Labute approximate surface area is 219 Å². The van der Waals surface area contributed by atoms with Crippen LogP contribution in [0.4, 0.5) is 5.69 Å². The standard InChI is InChI=1S/C27H25Cl3N2O3/c1-14-22(28)15(2)24(30)25(23(14)29)34-13-21(33)31-18-10-11-20-19(12-18)32-26(35-20)16-6-8-17(9-7-16)27(3,4)5/h6-12H,13H2,1-5H3,(H,31,33). The van der Waals surface area contributed by atoms with E-state index in [4.69, 9.17) is 44.0 Å². The third-order valence-corrected chi connectivity index (χ3v) is 7.21. The maximum atomic E-state index is 12.5. The van der Waals surface area contributed by atoms with Crippen LogP contribution in [0.3, 0.4) is 0 Å². The average molecular weight is 532 g/mol. The Kier molecular flexibility index (Phi) is 7.05. The molecule has 0 bridgehead atoms. The maximum absolute atomic E-state index is 12.5. The number of nitrogens with zero attached hydrogens (tertiary/aromatic N) is 1. The van der Waals surface area contributed by atoms with Crippen molar-refractivity contribution in [2.45, 2.75) is 40.0 Å². The third-order valence-electron chi connectivity index (χ3n) is 5.73. The van der Waals surface area contributed by atoms with Gasteiger partial charge in [-0.05, 0) is 66.3 Å². The molecule has 8 heteroatoms. The maximum Gasteiger partial charge on any atom is 0.262 e. The number of fused-ring (bicyclic) bond motifs is 1. The molecule has 0 fully saturated rings. The van der Waals surface area contributed by atoms with Crippen LogP contribution in [0.15, 0.2) is 46.9 Å². The number of hydrogen-bond donors (Lipinski definition) is 1. The van der Waals surface area contributed by atoms with Gasteiger partial charge in [-0.3, -0.25) is 4.79 Å². The lowest BCUT2D eigenvalue weighted by molar-refractivity contribution is -0.118. The van der Waals surface area contributed by atoms with Gasteiger partial charge in [0.25, 0.3) is 5.91 Å². The number of carbonyl (C=O) groups excluding carboxylic acids is 1. The van der Waals surface area contributed by atoms with Gasteiger partial charge in [0.05, 0.1) is 10.0 Å². The van der Waals surface area contributed by atoms with Crippen LogP contribution in [0.2, 0.25) is 15.1 Å². The summed E-state index contributed by atoms with van der Waals surface area (Å²) in [6.07, 6.45) is 0. The first kappa shape index (κ1) is 25.4. The zero-order valence-corrected chi connectivity index (χ0v) is 22.3. The second-order valence-corrected chi connectivity index (χ2v) is 10.5. The molecular weight excluding hydrogens is 507 g/mol. The lowest BCUT2D eigenvalue weighted by Gasteiger charge is -2.18. The number of hydrogen-bond acceptors (Lipinski definition) is 4. The number of oxazole rings is 1. The van der Waals surface area contributed by atoms with E-state index in [9.17, 15) is 4.79 Å². The van der Waals surface area contributed by atoms with Crippen molar-refractivity contribution in [3.05, 3.63) is 74.2 Å². The van der Waals surface area contributed by atoms with Gasteiger partial charge < -0.3 is 14.5 Å². The molecule has 0 aliphatic rings. The first-order chi connectivity index (χ1) is 16.5. The van der Waals surface area contributed by atoms with Crippen molar-refractivity contribution in [3.63, 3.8) is 0 Å². The molecule has 1 N–H and O–H groups in total. The molecule has 5 nitrogen and oxygen atoms in total. The molecule has 0 saturated heterocycles. The van der Waals surface area contributed by atoms with E-state index in [2.05, 4.69) is 43.2 Å². The number of aromatic nitrogens is 1. The minimum Gasteiger partial charge on any atom is -0.481 e. The number of amides is 1. The smallest absolute Gasteiger partial charge is 0.262 e. The number of carbonyl (C=O) groups is 1. The molecule has 1 heterocycles. The zero-order chi connectivity index (χ0) is 25.5. The Balaban J connectivity index is 1.47. The fraction of sp³-hybridized carbons (Fsp3) is 0.259. The van der Waals surface area contributed by atoms with Crippen LogP contribution in [-0.4, -0.2) is 17.5 Å². The Bertz CT molecular complexity index is 1390. The molecule has 0 saturated carbocycles. The number of anilines is 1. The van der Waals surface area contributed by atoms with Crippen LogP contribution in [0.25, 0.3) is 22.6 Å². The lowest BCUT2D eigenvalue weighted by atomic mass is 9.87. The van der Waals surface area contributed by atoms with Gasteiger partial charge in [0, 0.05) is 16.3 Å². The minimum atomic E-state index is -0.372. The predicted molar refractivity (Wildman–Crippen MR) is 143 cm³/mol. The molecule has 0 atom stereocenters. The molecule has 35 heavy (non-hydrogen) atoms. The van der Waals surface area contributed by atoms with E-state index in [1.807, 2.05) is 12.1 Å². The molecule has 0 radical (unpaired) electrons. The second kappa shape index (κ2) is 9.73. The Hall–Kier alpha value is -2.73. The number of halogens is 3. The highest BCUT2D eigenvalue weighted by atomic mass is 35.5. The number of nitrogens with one attached hydrogen (secondary N) is 1. The van der Waals surface area contributed by atoms with Crippen LogP contribution in [-0.2, 0) is 10.2 Å². The van der Waals surface area contributed by atoms with Gasteiger partial charge >= 0.3 is 0 Å². The predicted octanol–water partition coefficient (Wildman–Crippen LogP) is 8.39. The summed E-state index contributed by atoms with van der Waals surface area (Å²) in [4.78, 5) is 17.1. The highest BCUT2D eigenvalue weighted by Crippen LogP contribution is 2.42. The van der Waals surface area contributed by atoms with Crippen LogP contribution >= 0.6 is 34.8 Å². The van der Waals surface area contributed by atoms with E-state index in [-0.39, 0.29) is 33.7 Å². The van der Waals surface area contributed by atoms with E-state index >= 15 is 0 Å². The number of ether oxygens (including phenoxy) is 1. The first-order valence-electron chi connectivity index (χ1n) is 11.0. The molecular formula is C27H25Cl3N2O3. The lowest BCUT2D eigenvalue weighted by Crippen LogP contribution is -2.20. The summed E-state index contributed by atoms with van der Waals surface area (Å²) >= 11 is 18.9. The van der Waals surface area contributed by atoms with Crippen LogP contribution in [0.1, 0.15) is 37.5 Å². The van der Waals surface area contributed by atoms with E-state index in [0.29, 0.717) is 38.8 Å². The molecule has 182 valence electrons. The summed E-state index contributed by atoms with van der Waals surface area (Å²) in [5.41, 5.74) is 5.30. The third kappa shape index (κ3) is 5.27. The Morgan fingerprint density at radius 2 is 1.60 bits per heavy atom. The average Bonchev–Trinajstić information content (AvgIpc) is 3.24. The van der Waals surface area contributed by atoms with Crippen LogP contribution in [0.5, 0.6) is 5.75 Å². The van der Waals surface area contributed by atoms with Crippen molar-refractivity contribution in [1.82, 2.24) is 4.98 Å². The largest absolute Gasteiger partial charge is 0.481 e. The fourth-order valence-electron chi connectivity index (χ4n) is 3.61. The molecule has 0 unspecified atom stereocenters. The van der Waals surface area contributed by atoms with Crippen molar-refractivity contribution < 1.29 is 13.9 Å². The van der Waals surface area contributed by atoms with Gasteiger partial charge in [-0.25, -0.2) is 4.98 Å². The quantitative estimate of drug-likeness (QED) is 0.281. The molecule has 4 aromatic rings. The van der Waals surface area contributed by atoms with Gasteiger partial charge in [0.2, 0.25) is 5.89 Å². The Morgan fingerprint density at radius 1 is 0.971 bits per heavy atom. The van der Waals surface area contributed by atoms with Crippen LogP contribution < -0.4 is 10.1 Å². The highest BCUT2D eigenvalue weighted by Gasteiger charge is 2.19. The highest BCUT2D eigenvalue weighted by molar-refractivity contribution is 6.42. The Morgan fingerprint density at radius 3 is 2.20 bits per heavy atom. The van der Waals surface area contributed by atoms with E-state index in [1.54, 1.807) is 32.0 Å². The van der Waals surface area contributed by atoms with E-state index in [1.165, 1.54) is 5.56 Å². The summed E-state index contributed by atoms with van der Waals surface area (Å²) in [5, 5.41) is 3.84. The van der Waals surface area contributed by atoms with Crippen LogP contribution in [0, 0.1) is 13.8 Å². The van der Waals surface area contributed by atoms with E-state index < -0.39 is 0 Å². The van der Waals surface area contributed by atoms with Gasteiger partial charge in [0.15, 0.2) is 17.9 Å². The van der Waals surface area contributed by atoms with Crippen molar-refractivity contribution in [2.24, 2.45) is 0 Å². The summed E-state index contributed by atoms with van der Waals surface area (Å²) in [6.45, 7) is 9.76. The first-order valence-corrected chi connectivity index (χ1v) is 12.2. The fourth-order valence-corrected chi connectivity index (χ4v) is 4.44. The van der Waals surface area contributed by atoms with Gasteiger partial charge in [-0.2, -0.15) is 0 Å². The molecule has 0 spiro atoms. The molecule has 4 rings (SSSR count). The summed E-state index contributed by atoms with van der Waals surface area (Å²) < 4.78 is 11.5. The minimum absolute atomic E-state index is 0.0680. The van der Waals surface area contributed by atoms with E-state index in [0.717, 1.165) is 5.56 Å². The number of rotatable bonds is 5. The summed E-state index contributed by atoms with van der Waals surface area (Å²) in [7, 11) is 0. The molecule has 1 amide bonds. The molecule has 1 aromatic heterocycles. The monoisotopic (exact) mass is 530 g/mol. The SMILES string of the molecule is Cc1c(Cl)c(C)c(Cl)c(OCC(=O)Nc2ccc3oc(-c4ccc(C(C)(C)C)cc4)nc3c2)c1Cl. The second-order valence-electron chi connectivity index (χ2n) is 9.39. The summed E-state index contributed by atoms with van der Waals surface area (Å²) in [5.74, 6) is 0.380. The van der Waals surface area contributed by atoms with Gasteiger partial charge in [-0.1, -0.05) is 67.7 Å². The van der Waals surface area contributed by atoms with Gasteiger partial charge in [0.1, 0.15) is 5.52 Å². The molecule has 0 aliphatic heterocycles. The number of benzene rings is 3. The molecule has 3 aromatic carbocycles. The normalized spacial score (nSPS) is 11.7. The zero-order valence-electron chi connectivity index (χ0n) is 20.1. The van der Waals surface area contributed by atoms with Crippen molar-refractivity contribution in [1.29, 1.82) is 0 Å².